The van der Waals surface area contributed by atoms with Gasteiger partial charge in [-0.1, -0.05) is 176 Å². The van der Waals surface area contributed by atoms with Gasteiger partial charge in [0.2, 0.25) is 0 Å². The Morgan fingerprint density at radius 1 is 0.373 bits per heavy atom. The van der Waals surface area contributed by atoms with E-state index in [1.807, 2.05) is 6.07 Å². The molecule has 0 fully saturated rings. The van der Waals surface area contributed by atoms with Crippen LogP contribution in [0.5, 0.6) is 23.0 Å². The van der Waals surface area contributed by atoms with Crippen molar-refractivity contribution in [3.63, 3.8) is 0 Å². The van der Waals surface area contributed by atoms with Gasteiger partial charge >= 0.3 is 0 Å². The molecule has 3 nitrogen and oxygen atoms in total. The summed E-state index contributed by atoms with van der Waals surface area (Å²) in [7, 11) is -2.73. The Balaban J connectivity index is 1.13. The van der Waals surface area contributed by atoms with Crippen LogP contribution in [0.3, 0.4) is 0 Å². The highest BCUT2D eigenvalue weighted by Crippen LogP contribution is 2.40. The molecule has 2 aliphatic heterocycles. The highest BCUT2D eigenvalue weighted by atomic mass is 28.3. The van der Waals surface area contributed by atoms with Crippen LogP contribution in [0.2, 0.25) is 0 Å². The second kappa shape index (κ2) is 13.4. The van der Waals surface area contributed by atoms with Crippen LogP contribution in [0.15, 0.2) is 218 Å². The maximum Gasteiger partial charge on any atom is 0.261 e. The third-order valence-electron chi connectivity index (χ3n) is 12.5. The monoisotopic (exact) mass is 769 g/mol. The van der Waals surface area contributed by atoms with Gasteiger partial charge in [0, 0.05) is 22.3 Å². The number of fused-ring (bicyclic) bond motifs is 7. The van der Waals surface area contributed by atoms with Gasteiger partial charge in [-0.15, -0.1) is 0 Å². The zero-order valence-electron chi connectivity index (χ0n) is 32.1. The molecule has 0 unspecified atom stereocenters. The van der Waals surface area contributed by atoms with Crippen molar-refractivity contribution in [3.05, 3.63) is 218 Å². The summed E-state index contributed by atoms with van der Waals surface area (Å²) < 4.78 is 16.0. The second-order valence-electron chi connectivity index (χ2n) is 15.5. The maximum absolute atomic E-state index is 7.03. The molecule has 0 saturated carbocycles. The predicted molar refractivity (Wildman–Crippen MR) is 248 cm³/mol. The van der Waals surface area contributed by atoms with Gasteiger partial charge in [0.05, 0.1) is 16.7 Å². The van der Waals surface area contributed by atoms with E-state index in [1.165, 1.54) is 31.5 Å². The van der Waals surface area contributed by atoms with Crippen LogP contribution in [0.25, 0.3) is 38.6 Å². The van der Waals surface area contributed by atoms with Crippen molar-refractivity contribution in [2.75, 3.05) is 0 Å². The number of nitrogens with zero attached hydrogens (tertiary/aromatic N) is 1. The van der Waals surface area contributed by atoms with Gasteiger partial charge < -0.3 is 14.0 Å². The van der Waals surface area contributed by atoms with Crippen LogP contribution >= 0.6 is 0 Å². The fourth-order valence-corrected chi connectivity index (χ4v) is 14.8. The highest BCUT2D eigenvalue weighted by molar-refractivity contribution is 7.19. The zero-order valence-corrected chi connectivity index (χ0v) is 33.1. The third-order valence-corrected chi connectivity index (χ3v) is 17.3. The molecule has 0 N–H and O–H groups in total. The number of para-hydroxylation sites is 3. The lowest BCUT2D eigenvalue weighted by Crippen LogP contribution is -2.74. The average Bonchev–Trinajstić information content (AvgIpc) is 3.64. The van der Waals surface area contributed by atoms with E-state index in [-0.39, 0.29) is 6.71 Å². The van der Waals surface area contributed by atoms with Gasteiger partial charge in [0.1, 0.15) is 23.0 Å². The quantitative estimate of drug-likeness (QED) is 0.125. The summed E-state index contributed by atoms with van der Waals surface area (Å²) in [6.45, 7) is -0.0804. The van der Waals surface area contributed by atoms with Gasteiger partial charge in [-0.25, -0.2) is 0 Å². The second-order valence-corrected chi connectivity index (χ2v) is 19.4. The topological polar surface area (TPSA) is 23.4 Å². The fraction of sp³-hybridized carbons (Fsp3) is 0. The van der Waals surface area contributed by atoms with Gasteiger partial charge in [0.15, 0.2) is 8.07 Å². The Bertz CT molecular complexity index is 3070. The number of ether oxygens (including phenoxy) is 2. The molecule has 0 radical (unpaired) electrons. The molecule has 10 aromatic rings. The van der Waals surface area contributed by atoms with E-state index in [2.05, 4.69) is 217 Å². The molecule has 0 saturated heterocycles. The highest BCUT2D eigenvalue weighted by Gasteiger charge is 2.43. The first-order valence-corrected chi connectivity index (χ1v) is 22.3. The summed E-state index contributed by atoms with van der Waals surface area (Å²) in [4.78, 5) is 0. The average molecular weight is 770 g/mol. The number of hydrogen-bond donors (Lipinski definition) is 0. The Morgan fingerprint density at radius 3 is 1.44 bits per heavy atom. The predicted octanol–water partition coefficient (Wildman–Crippen LogP) is 8.56. The van der Waals surface area contributed by atoms with Crippen LogP contribution in [-0.4, -0.2) is 19.4 Å². The first kappa shape index (κ1) is 33.8. The molecular weight excluding hydrogens is 733 g/mol. The standard InChI is InChI=1S/C54H36BNO2Si/c1-4-17-39(18-5-1)59(40-19-6-2-7-20-40,41-21-8-3-9-22-41)42-33-31-37(32-34-42)45-35-38(56-47-26-13-10-23-43(47)44-24-11-14-27-48(44)56)36-52-53(45)55-46-25-12-15-28-49(46)57-50-29-16-30-51(58-52)54(50)55/h1-36H. The third kappa shape index (κ3) is 5.08. The molecule has 1 aromatic heterocycles. The van der Waals surface area contributed by atoms with Crippen molar-refractivity contribution in [1.82, 2.24) is 4.57 Å². The van der Waals surface area contributed by atoms with Crippen molar-refractivity contribution in [2.45, 2.75) is 0 Å². The molecule has 0 amide bonds. The van der Waals surface area contributed by atoms with Crippen molar-refractivity contribution in [1.29, 1.82) is 0 Å². The van der Waals surface area contributed by atoms with Crippen molar-refractivity contribution < 1.29 is 9.47 Å². The minimum absolute atomic E-state index is 0.0804. The SMILES string of the molecule is c1ccc([Si](c2ccccc2)(c2ccccc2)c2ccc(-c3cc(-n4c5ccccc5c5ccccc54)cc4c3B3c5ccccc5Oc5cccc(c53)O4)cc2)cc1. The van der Waals surface area contributed by atoms with E-state index < -0.39 is 8.07 Å². The molecule has 12 rings (SSSR count). The van der Waals surface area contributed by atoms with E-state index in [9.17, 15) is 0 Å². The molecule has 0 spiro atoms. The number of benzene rings is 9. The molecule has 2 aliphatic rings. The minimum atomic E-state index is -2.73. The van der Waals surface area contributed by atoms with Gasteiger partial charge in [-0.2, -0.15) is 0 Å². The lowest BCUT2D eigenvalue weighted by atomic mass is 9.34. The van der Waals surface area contributed by atoms with Gasteiger partial charge in [-0.3, -0.25) is 0 Å². The van der Waals surface area contributed by atoms with E-state index in [4.69, 9.17) is 9.47 Å². The summed E-state index contributed by atoms with van der Waals surface area (Å²) in [5, 5.41) is 7.85. The molecule has 9 aromatic carbocycles. The van der Waals surface area contributed by atoms with Crippen LogP contribution in [0.4, 0.5) is 0 Å². The maximum atomic E-state index is 7.03. The van der Waals surface area contributed by atoms with E-state index in [1.54, 1.807) is 0 Å². The normalized spacial score (nSPS) is 12.6. The number of aromatic nitrogens is 1. The fourth-order valence-electron chi connectivity index (χ4n) is 10.0. The Hall–Kier alpha value is -7.34. The van der Waals surface area contributed by atoms with Crippen LogP contribution in [-0.2, 0) is 0 Å². The number of rotatable bonds is 6. The molecule has 0 bridgehead atoms. The van der Waals surface area contributed by atoms with E-state index in [0.29, 0.717) is 0 Å². The summed E-state index contributed by atoms with van der Waals surface area (Å²) >= 11 is 0. The van der Waals surface area contributed by atoms with Crippen LogP contribution in [0, 0.1) is 0 Å². The van der Waals surface area contributed by atoms with Crippen molar-refractivity contribution >= 4 is 73.7 Å². The van der Waals surface area contributed by atoms with E-state index >= 15 is 0 Å². The molecule has 276 valence electrons. The lowest BCUT2D eigenvalue weighted by Gasteiger charge is -2.35. The number of hydrogen-bond acceptors (Lipinski definition) is 2. The summed E-state index contributed by atoms with van der Waals surface area (Å²) in [5.41, 5.74) is 9.02. The smallest absolute Gasteiger partial charge is 0.261 e. The van der Waals surface area contributed by atoms with Crippen molar-refractivity contribution in [2.24, 2.45) is 0 Å². The zero-order chi connectivity index (χ0) is 38.9. The molecule has 5 heteroatoms. The minimum Gasteiger partial charge on any atom is -0.458 e. The largest absolute Gasteiger partial charge is 0.458 e. The van der Waals surface area contributed by atoms with Crippen molar-refractivity contribution in [3.8, 4) is 39.8 Å². The molecule has 59 heavy (non-hydrogen) atoms. The molecular formula is C54H36BNO2Si. The first-order chi connectivity index (χ1) is 29.3. The van der Waals surface area contributed by atoms with E-state index in [0.717, 1.165) is 67.2 Å². The summed E-state index contributed by atoms with van der Waals surface area (Å²) in [6.07, 6.45) is 0. The Labute approximate surface area is 344 Å². The summed E-state index contributed by atoms with van der Waals surface area (Å²) in [6, 6.07) is 79.6. The Morgan fingerprint density at radius 2 is 0.847 bits per heavy atom. The first-order valence-electron chi connectivity index (χ1n) is 20.3. The van der Waals surface area contributed by atoms with Gasteiger partial charge in [-0.05, 0) is 79.2 Å². The Kier molecular flexibility index (Phi) is 7.65. The lowest BCUT2D eigenvalue weighted by molar-refractivity contribution is 0.464. The molecule has 3 heterocycles. The van der Waals surface area contributed by atoms with Crippen LogP contribution in [0.1, 0.15) is 0 Å². The van der Waals surface area contributed by atoms with Crippen LogP contribution < -0.4 is 46.6 Å². The van der Waals surface area contributed by atoms with Gasteiger partial charge in [0.25, 0.3) is 6.71 Å². The summed E-state index contributed by atoms with van der Waals surface area (Å²) in [5.74, 6) is 3.41. The molecule has 0 atom stereocenters. The molecule has 0 aliphatic carbocycles.